The fourth-order valence-electron chi connectivity index (χ4n) is 1.86. The number of carboxylic acid groups (broad SMARTS) is 1. The summed E-state index contributed by atoms with van der Waals surface area (Å²) in [6.45, 7) is 0.0140. The highest BCUT2D eigenvalue weighted by atomic mass is 31.2. The minimum atomic E-state index is -3.63. The van der Waals surface area contributed by atoms with Crippen molar-refractivity contribution in [3.05, 3.63) is 0 Å². The third-order valence-electron chi connectivity index (χ3n) is 2.65. The summed E-state index contributed by atoms with van der Waals surface area (Å²) in [4.78, 5) is 33.2. The van der Waals surface area contributed by atoms with Crippen LogP contribution in [0.4, 0.5) is 0 Å². The first kappa shape index (κ1) is 15.1. The van der Waals surface area contributed by atoms with Crippen molar-refractivity contribution in [2.24, 2.45) is 5.73 Å². The lowest BCUT2D eigenvalue weighted by Gasteiger charge is -2.32. The molecular weight excluding hydrogens is 261 g/mol. The highest BCUT2D eigenvalue weighted by molar-refractivity contribution is 7.55. The van der Waals surface area contributed by atoms with E-state index in [-0.39, 0.29) is 19.3 Å². The lowest BCUT2D eigenvalue weighted by Crippen LogP contribution is -2.51. The highest BCUT2D eigenvalue weighted by Gasteiger charge is 2.33. The monoisotopic (exact) mass is 279 g/mol. The molecule has 1 heterocycles. The summed E-state index contributed by atoms with van der Waals surface area (Å²) in [5, 5.41) is 11.0. The molecule has 8 nitrogen and oxygen atoms in total. The number of carboxylic acids is 1. The van der Waals surface area contributed by atoms with Gasteiger partial charge in [-0.25, -0.2) is 5.09 Å². The summed E-state index contributed by atoms with van der Waals surface area (Å²) in [6.07, 6.45) is 0.902. The largest absolute Gasteiger partial charge is 0.480 e. The van der Waals surface area contributed by atoms with E-state index in [2.05, 4.69) is 5.09 Å². The van der Waals surface area contributed by atoms with Crippen molar-refractivity contribution in [2.45, 2.75) is 18.9 Å². The van der Waals surface area contributed by atoms with E-state index >= 15 is 0 Å². The molecule has 5 N–H and O–H groups in total. The Hall–Kier alpha value is -0.950. The molecule has 104 valence electrons. The van der Waals surface area contributed by atoms with Crippen molar-refractivity contribution in [2.75, 3.05) is 25.8 Å². The first-order chi connectivity index (χ1) is 8.35. The second kappa shape index (κ2) is 6.29. The minimum absolute atomic E-state index is 0.0422. The minimum Gasteiger partial charge on any atom is -0.480 e. The molecule has 0 bridgehead atoms. The van der Waals surface area contributed by atoms with E-state index < -0.39 is 25.4 Å². The van der Waals surface area contributed by atoms with E-state index in [0.29, 0.717) is 19.4 Å². The van der Waals surface area contributed by atoms with Crippen molar-refractivity contribution in [1.29, 1.82) is 0 Å². The Kier molecular flexibility index (Phi) is 5.28. The van der Waals surface area contributed by atoms with Crippen LogP contribution in [-0.4, -0.2) is 58.6 Å². The SMILES string of the molecule is NCCP(=O)(O)NC1CCCN(CC(=O)O)C1=O. The van der Waals surface area contributed by atoms with E-state index in [9.17, 15) is 19.0 Å². The van der Waals surface area contributed by atoms with E-state index in [4.69, 9.17) is 10.8 Å². The van der Waals surface area contributed by atoms with Gasteiger partial charge in [-0.1, -0.05) is 0 Å². The molecule has 0 aromatic heterocycles. The maximum absolute atomic E-state index is 11.9. The van der Waals surface area contributed by atoms with Crippen LogP contribution >= 0.6 is 7.52 Å². The molecule has 0 aromatic carbocycles. The summed E-state index contributed by atoms with van der Waals surface area (Å²) in [5.41, 5.74) is 5.20. The fourth-order valence-corrected chi connectivity index (χ4v) is 3.07. The molecule has 2 unspecified atom stereocenters. The Labute approximate surface area is 105 Å². The number of carbonyl (C=O) groups is 2. The third kappa shape index (κ3) is 4.38. The van der Waals surface area contributed by atoms with Gasteiger partial charge in [0.1, 0.15) is 6.54 Å². The van der Waals surface area contributed by atoms with Gasteiger partial charge >= 0.3 is 5.97 Å². The molecule has 1 rings (SSSR count). The van der Waals surface area contributed by atoms with Gasteiger partial charge in [0.25, 0.3) is 7.52 Å². The first-order valence-corrected chi connectivity index (χ1v) is 7.50. The summed E-state index contributed by atoms with van der Waals surface area (Å²) in [7, 11) is -3.63. The molecule has 0 aliphatic carbocycles. The van der Waals surface area contributed by atoms with Gasteiger partial charge in [0.05, 0.1) is 12.2 Å². The first-order valence-electron chi connectivity index (χ1n) is 5.66. The molecule has 2 atom stereocenters. The Balaban J connectivity index is 2.63. The molecule has 0 saturated carbocycles. The van der Waals surface area contributed by atoms with Gasteiger partial charge in [0.2, 0.25) is 5.91 Å². The molecule has 1 saturated heterocycles. The van der Waals surface area contributed by atoms with Gasteiger partial charge in [-0.2, -0.15) is 0 Å². The van der Waals surface area contributed by atoms with Crippen LogP contribution in [0.5, 0.6) is 0 Å². The van der Waals surface area contributed by atoms with Crippen molar-refractivity contribution in [3.8, 4) is 0 Å². The third-order valence-corrected chi connectivity index (χ3v) is 4.23. The summed E-state index contributed by atoms with van der Waals surface area (Å²) < 4.78 is 11.6. The number of hydrogen-bond donors (Lipinski definition) is 4. The van der Waals surface area contributed by atoms with E-state index in [1.165, 1.54) is 4.90 Å². The number of amides is 1. The molecule has 1 aliphatic rings. The van der Waals surface area contributed by atoms with Crippen LogP contribution in [0.25, 0.3) is 0 Å². The molecule has 1 fully saturated rings. The molecule has 0 spiro atoms. The molecule has 1 amide bonds. The van der Waals surface area contributed by atoms with Crippen LogP contribution in [0, 0.1) is 0 Å². The number of aliphatic carboxylic acids is 1. The zero-order valence-corrected chi connectivity index (χ0v) is 10.8. The molecule has 0 radical (unpaired) electrons. The van der Waals surface area contributed by atoms with Crippen molar-refractivity contribution >= 4 is 19.4 Å². The zero-order valence-electron chi connectivity index (χ0n) is 9.91. The number of nitrogens with zero attached hydrogens (tertiary/aromatic N) is 1. The number of likely N-dealkylation sites (tertiary alicyclic amines) is 1. The van der Waals surface area contributed by atoms with Gasteiger partial charge in [0, 0.05) is 13.1 Å². The van der Waals surface area contributed by atoms with Crippen LogP contribution in [0.1, 0.15) is 12.8 Å². The number of piperidine rings is 1. The predicted molar refractivity (Wildman–Crippen MR) is 64.1 cm³/mol. The average molecular weight is 279 g/mol. The van der Waals surface area contributed by atoms with Crippen LogP contribution in [0.15, 0.2) is 0 Å². The van der Waals surface area contributed by atoms with E-state index in [0.717, 1.165) is 0 Å². The van der Waals surface area contributed by atoms with Gasteiger partial charge in [0.15, 0.2) is 0 Å². The quantitative estimate of drug-likeness (QED) is 0.448. The van der Waals surface area contributed by atoms with Crippen LogP contribution < -0.4 is 10.8 Å². The summed E-state index contributed by atoms with van der Waals surface area (Å²) in [5.74, 6) is -1.55. The zero-order chi connectivity index (χ0) is 13.8. The topological polar surface area (TPSA) is 133 Å². The number of hydrogen-bond acceptors (Lipinski definition) is 4. The Morgan fingerprint density at radius 1 is 1.61 bits per heavy atom. The molecule has 1 aliphatic heterocycles. The number of rotatable bonds is 6. The number of carbonyl (C=O) groups excluding carboxylic acids is 1. The van der Waals surface area contributed by atoms with Crippen LogP contribution in [-0.2, 0) is 14.2 Å². The Bertz CT molecular complexity index is 375. The van der Waals surface area contributed by atoms with Crippen molar-refractivity contribution < 1.29 is 24.2 Å². The average Bonchev–Trinajstić information content (AvgIpc) is 2.23. The van der Waals surface area contributed by atoms with Gasteiger partial charge < -0.3 is 20.6 Å². The molecule has 0 aromatic rings. The number of nitrogens with one attached hydrogen (secondary N) is 1. The summed E-state index contributed by atoms with van der Waals surface area (Å²) in [6, 6.07) is -0.805. The predicted octanol–water partition coefficient (Wildman–Crippen LogP) is -1.20. The molecule has 18 heavy (non-hydrogen) atoms. The summed E-state index contributed by atoms with van der Waals surface area (Å²) >= 11 is 0. The second-order valence-electron chi connectivity index (χ2n) is 4.19. The number of nitrogens with two attached hydrogens (primary N) is 1. The lowest BCUT2D eigenvalue weighted by atomic mass is 10.1. The standard InChI is InChI=1S/C9H18N3O5P/c10-3-5-18(16,17)11-7-2-1-4-12(9(7)15)6-8(13)14/h7H,1-6,10H2,(H,13,14)(H2,11,16,17). The fraction of sp³-hybridized carbons (Fsp3) is 0.778. The Morgan fingerprint density at radius 2 is 2.28 bits per heavy atom. The lowest BCUT2D eigenvalue weighted by molar-refractivity contribution is -0.146. The maximum atomic E-state index is 11.9. The smallest absolute Gasteiger partial charge is 0.323 e. The van der Waals surface area contributed by atoms with E-state index in [1.807, 2.05) is 0 Å². The van der Waals surface area contributed by atoms with Crippen LogP contribution in [0.2, 0.25) is 0 Å². The second-order valence-corrected chi connectivity index (χ2v) is 6.30. The maximum Gasteiger partial charge on any atom is 0.323 e. The van der Waals surface area contributed by atoms with Crippen molar-refractivity contribution in [3.63, 3.8) is 0 Å². The van der Waals surface area contributed by atoms with Gasteiger partial charge in [-0.15, -0.1) is 0 Å². The van der Waals surface area contributed by atoms with Gasteiger partial charge in [-0.3, -0.25) is 14.2 Å². The molecule has 9 heteroatoms. The van der Waals surface area contributed by atoms with E-state index in [1.54, 1.807) is 0 Å². The van der Waals surface area contributed by atoms with Crippen molar-refractivity contribution in [1.82, 2.24) is 9.99 Å². The molecular formula is C9H18N3O5P. The van der Waals surface area contributed by atoms with Crippen LogP contribution in [0.3, 0.4) is 0 Å². The normalized spacial score (nSPS) is 23.8. The van der Waals surface area contributed by atoms with Gasteiger partial charge in [-0.05, 0) is 12.8 Å². The highest BCUT2D eigenvalue weighted by Crippen LogP contribution is 2.36. The Morgan fingerprint density at radius 3 is 2.83 bits per heavy atom.